The van der Waals surface area contributed by atoms with Gasteiger partial charge in [0.25, 0.3) is 5.91 Å². The van der Waals surface area contributed by atoms with Crippen LogP contribution in [0, 0.1) is 11.0 Å². The van der Waals surface area contributed by atoms with E-state index in [0.717, 1.165) is 16.6 Å². The first-order chi connectivity index (χ1) is 12.6. The lowest BCUT2D eigenvalue weighted by molar-refractivity contribution is -0.605. The molecule has 26 heavy (non-hydrogen) atoms. The molecule has 4 rings (SSSR count). The van der Waals surface area contributed by atoms with Gasteiger partial charge in [0.2, 0.25) is 0 Å². The van der Waals surface area contributed by atoms with E-state index in [1.165, 1.54) is 36.7 Å². The van der Waals surface area contributed by atoms with Gasteiger partial charge in [0, 0.05) is 23.4 Å². The Bertz CT molecular complexity index is 1090. The third-order valence-corrected chi connectivity index (χ3v) is 3.92. The van der Waals surface area contributed by atoms with E-state index in [1.54, 1.807) is 30.3 Å². The van der Waals surface area contributed by atoms with Crippen molar-refractivity contribution < 1.29 is 13.9 Å². The summed E-state index contributed by atoms with van der Waals surface area (Å²) in [6.45, 7) is 0. The first-order valence-corrected chi connectivity index (χ1v) is 7.84. The van der Waals surface area contributed by atoms with Crippen LogP contribution in [0.25, 0.3) is 22.4 Å². The number of nitrogens with zero attached hydrogens (tertiary/aromatic N) is 2. The van der Waals surface area contributed by atoms with Gasteiger partial charge in [-0.2, -0.15) is 4.73 Å². The van der Waals surface area contributed by atoms with E-state index in [0.29, 0.717) is 21.8 Å². The molecule has 2 N–H and O–H groups in total. The minimum atomic E-state index is -0.316. The standard InChI is InChI=1S/C19H13FN4O2/c20-14-3-1-12(2-4-14)18-22-16-6-5-15(11-17(16)23-18)21-19(25)13-7-9-24(26)10-8-13/h1-11H,(H,21,25)(H,22,23). The number of carbonyl (C=O) groups excluding carboxylic acids is 1. The fourth-order valence-corrected chi connectivity index (χ4v) is 2.60. The SMILES string of the molecule is O=C(Nc1ccc2nc(-c3ccc(F)cc3)[nH]c2c1)c1cc[n+]([O-])cc1. The third-order valence-electron chi connectivity index (χ3n) is 3.92. The minimum Gasteiger partial charge on any atom is -0.619 e. The Kier molecular flexibility index (Phi) is 3.81. The van der Waals surface area contributed by atoms with Crippen molar-refractivity contribution in [1.82, 2.24) is 9.97 Å². The molecule has 128 valence electrons. The molecule has 2 heterocycles. The van der Waals surface area contributed by atoms with Gasteiger partial charge in [-0.3, -0.25) is 4.79 Å². The van der Waals surface area contributed by atoms with Crippen LogP contribution in [0.1, 0.15) is 10.4 Å². The number of aromatic nitrogens is 3. The maximum Gasteiger partial charge on any atom is 0.256 e. The number of H-pyrrole nitrogens is 1. The highest BCUT2D eigenvalue weighted by molar-refractivity contribution is 6.04. The highest BCUT2D eigenvalue weighted by Gasteiger charge is 2.10. The van der Waals surface area contributed by atoms with Crippen molar-refractivity contribution in [2.45, 2.75) is 0 Å². The predicted molar refractivity (Wildman–Crippen MR) is 94.8 cm³/mol. The van der Waals surface area contributed by atoms with Crippen LogP contribution in [0.5, 0.6) is 0 Å². The van der Waals surface area contributed by atoms with E-state index < -0.39 is 0 Å². The van der Waals surface area contributed by atoms with E-state index in [9.17, 15) is 14.4 Å². The number of halogens is 1. The van der Waals surface area contributed by atoms with Crippen molar-refractivity contribution in [3.63, 3.8) is 0 Å². The van der Waals surface area contributed by atoms with Crippen molar-refractivity contribution in [2.24, 2.45) is 0 Å². The molecule has 0 aliphatic carbocycles. The van der Waals surface area contributed by atoms with Gasteiger partial charge >= 0.3 is 0 Å². The Balaban J connectivity index is 1.60. The molecule has 0 atom stereocenters. The highest BCUT2D eigenvalue weighted by Crippen LogP contribution is 2.23. The number of rotatable bonds is 3. The number of pyridine rings is 1. The van der Waals surface area contributed by atoms with Crippen LogP contribution in [-0.2, 0) is 0 Å². The van der Waals surface area contributed by atoms with Crippen LogP contribution >= 0.6 is 0 Å². The molecule has 2 aromatic carbocycles. The Morgan fingerprint density at radius 3 is 2.54 bits per heavy atom. The quantitative estimate of drug-likeness (QED) is 0.440. The second-order valence-corrected chi connectivity index (χ2v) is 5.73. The van der Waals surface area contributed by atoms with Gasteiger partial charge in [-0.1, -0.05) is 0 Å². The molecule has 0 fully saturated rings. The fourth-order valence-electron chi connectivity index (χ4n) is 2.60. The average Bonchev–Trinajstić information content (AvgIpc) is 3.06. The number of fused-ring (bicyclic) bond motifs is 1. The summed E-state index contributed by atoms with van der Waals surface area (Å²) in [5, 5.41) is 13.8. The fraction of sp³-hybridized carbons (Fsp3) is 0. The maximum atomic E-state index is 13.1. The Morgan fingerprint density at radius 2 is 1.81 bits per heavy atom. The lowest BCUT2D eigenvalue weighted by Crippen LogP contribution is -2.25. The first-order valence-electron chi connectivity index (χ1n) is 7.84. The molecule has 0 aliphatic heterocycles. The zero-order valence-electron chi connectivity index (χ0n) is 13.4. The zero-order valence-corrected chi connectivity index (χ0v) is 13.4. The molecule has 0 bridgehead atoms. The molecule has 1 amide bonds. The number of anilines is 1. The number of benzene rings is 2. The second-order valence-electron chi connectivity index (χ2n) is 5.73. The Morgan fingerprint density at radius 1 is 1.08 bits per heavy atom. The van der Waals surface area contributed by atoms with Crippen LogP contribution in [-0.4, -0.2) is 15.9 Å². The van der Waals surface area contributed by atoms with Crippen LogP contribution in [0.3, 0.4) is 0 Å². The molecule has 2 aromatic heterocycles. The summed E-state index contributed by atoms with van der Waals surface area (Å²) in [5.41, 5.74) is 3.22. The highest BCUT2D eigenvalue weighted by atomic mass is 19.1. The molecule has 7 heteroatoms. The van der Waals surface area contributed by atoms with Gasteiger partial charge in [0.05, 0.1) is 16.6 Å². The van der Waals surface area contributed by atoms with E-state index in [4.69, 9.17) is 0 Å². The summed E-state index contributed by atoms with van der Waals surface area (Å²) in [5.74, 6) is -0.00645. The molecule has 6 nitrogen and oxygen atoms in total. The molecule has 0 unspecified atom stereocenters. The van der Waals surface area contributed by atoms with Crippen molar-refractivity contribution in [3.8, 4) is 11.4 Å². The molecular formula is C19H13FN4O2. The van der Waals surface area contributed by atoms with Crippen LogP contribution < -0.4 is 10.0 Å². The van der Waals surface area contributed by atoms with E-state index >= 15 is 0 Å². The first kappa shape index (κ1) is 15.8. The lowest BCUT2D eigenvalue weighted by Gasteiger charge is -2.05. The van der Waals surface area contributed by atoms with Gasteiger partial charge in [0.15, 0.2) is 12.4 Å². The van der Waals surface area contributed by atoms with Gasteiger partial charge in [0.1, 0.15) is 11.6 Å². The molecule has 4 aromatic rings. The Hall–Kier alpha value is -3.74. The van der Waals surface area contributed by atoms with Crippen molar-refractivity contribution >= 4 is 22.6 Å². The summed E-state index contributed by atoms with van der Waals surface area (Å²) < 4.78 is 13.7. The number of aromatic amines is 1. The normalized spacial score (nSPS) is 10.8. The number of nitrogens with one attached hydrogen (secondary N) is 2. The van der Waals surface area contributed by atoms with E-state index in [1.807, 2.05) is 0 Å². The molecule has 0 spiro atoms. The number of hydrogen-bond acceptors (Lipinski definition) is 3. The number of hydrogen-bond donors (Lipinski definition) is 2. The van der Waals surface area contributed by atoms with Gasteiger partial charge in [-0.05, 0) is 42.5 Å². The lowest BCUT2D eigenvalue weighted by atomic mass is 10.2. The molecular weight excluding hydrogens is 335 g/mol. The second kappa shape index (κ2) is 6.29. The predicted octanol–water partition coefficient (Wildman–Crippen LogP) is 3.25. The van der Waals surface area contributed by atoms with Crippen molar-refractivity contribution in [1.29, 1.82) is 0 Å². The third kappa shape index (κ3) is 3.10. The Labute approximate surface area is 147 Å². The largest absolute Gasteiger partial charge is 0.619 e. The number of carbonyl (C=O) groups is 1. The maximum absolute atomic E-state index is 13.1. The number of amides is 1. The van der Waals surface area contributed by atoms with Gasteiger partial charge < -0.3 is 15.5 Å². The molecule has 0 radical (unpaired) electrons. The van der Waals surface area contributed by atoms with Crippen LogP contribution in [0.2, 0.25) is 0 Å². The summed E-state index contributed by atoms with van der Waals surface area (Å²) in [6.07, 6.45) is 2.53. The molecule has 0 saturated carbocycles. The molecule has 0 aliphatic rings. The van der Waals surface area contributed by atoms with Crippen LogP contribution in [0.15, 0.2) is 67.0 Å². The summed E-state index contributed by atoms with van der Waals surface area (Å²) in [7, 11) is 0. The summed E-state index contributed by atoms with van der Waals surface area (Å²) in [4.78, 5) is 19.9. The van der Waals surface area contributed by atoms with Crippen molar-refractivity contribution in [2.75, 3.05) is 5.32 Å². The summed E-state index contributed by atoms with van der Waals surface area (Å²) in [6, 6.07) is 14.2. The van der Waals surface area contributed by atoms with Crippen molar-refractivity contribution in [3.05, 3.63) is 83.6 Å². The molecule has 0 saturated heterocycles. The van der Waals surface area contributed by atoms with Gasteiger partial charge in [-0.25, -0.2) is 9.37 Å². The summed E-state index contributed by atoms with van der Waals surface area (Å²) >= 11 is 0. The zero-order chi connectivity index (χ0) is 18.1. The average molecular weight is 348 g/mol. The number of imidazole rings is 1. The minimum absolute atomic E-state index is 0.307. The van der Waals surface area contributed by atoms with Crippen LogP contribution in [0.4, 0.5) is 10.1 Å². The van der Waals surface area contributed by atoms with E-state index in [2.05, 4.69) is 15.3 Å². The van der Waals surface area contributed by atoms with E-state index in [-0.39, 0.29) is 11.7 Å². The monoisotopic (exact) mass is 348 g/mol. The topological polar surface area (TPSA) is 84.7 Å². The van der Waals surface area contributed by atoms with Gasteiger partial charge in [-0.15, -0.1) is 0 Å². The smallest absolute Gasteiger partial charge is 0.256 e.